The molecule has 0 saturated heterocycles. The van der Waals surface area contributed by atoms with Crippen LogP contribution in [0.3, 0.4) is 0 Å². The predicted molar refractivity (Wildman–Crippen MR) is 72.7 cm³/mol. The minimum Gasteiger partial charge on any atom is -0.348 e. The Morgan fingerprint density at radius 1 is 1.41 bits per heavy atom. The summed E-state index contributed by atoms with van der Waals surface area (Å²) >= 11 is 1.67. The number of hydrogen-bond donors (Lipinski definition) is 1. The molecule has 0 fully saturated rings. The first-order valence-electron chi connectivity index (χ1n) is 6.21. The fourth-order valence-corrected chi connectivity index (χ4v) is 3.27. The maximum absolute atomic E-state index is 11.9. The second-order valence-electron chi connectivity index (χ2n) is 4.76. The molecule has 1 aliphatic rings. The van der Waals surface area contributed by atoms with Crippen LogP contribution in [0.5, 0.6) is 0 Å². The highest BCUT2D eigenvalue weighted by Gasteiger charge is 2.15. The van der Waals surface area contributed by atoms with Gasteiger partial charge in [0.15, 0.2) is 0 Å². The molecule has 1 amide bonds. The molecule has 0 bridgehead atoms. The number of thiophene rings is 1. The predicted octanol–water partition coefficient (Wildman–Crippen LogP) is 3.32. The Labute approximate surface area is 107 Å². The van der Waals surface area contributed by atoms with Gasteiger partial charge in [0.2, 0.25) is 0 Å². The molecular weight excluding hydrogens is 230 g/mol. The summed E-state index contributed by atoms with van der Waals surface area (Å²) in [6, 6.07) is 2.08. The lowest BCUT2D eigenvalue weighted by Gasteiger charge is -2.01. The van der Waals surface area contributed by atoms with E-state index >= 15 is 0 Å². The molecule has 0 atom stereocenters. The third kappa shape index (κ3) is 3.19. The normalized spacial score (nSPS) is 14.9. The summed E-state index contributed by atoms with van der Waals surface area (Å²) in [4.78, 5) is 14.2. The number of rotatable bonds is 3. The highest BCUT2D eigenvalue weighted by Crippen LogP contribution is 2.28. The summed E-state index contributed by atoms with van der Waals surface area (Å²) in [5.41, 5.74) is 2.38. The Morgan fingerprint density at radius 2 is 2.18 bits per heavy atom. The van der Waals surface area contributed by atoms with Gasteiger partial charge in [-0.1, -0.05) is 18.6 Å². The largest absolute Gasteiger partial charge is 0.348 e. The average Bonchev–Trinajstić information content (AvgIpc) is 2.58. The lowest BCUT2D eigenvalue weighted by atomic mass is 10.1. The van der Waals surface area contributed by atoms with E-state index in [4.69, 9.17) is 0 Å². The van der Waals surface area contributed by atoms with Crippen molar-refractivity contribution in [3.8, 4) is 0 Å². The molecule has 92 valence electrons. The van der Waals surface area contributed by atoms with Crippen LogP contribution in [0.15, 0.2) is 18.2 Å². The van der Waals surface area contributed by atoms with E-state index in [-0.39, 0.29) is 5.91 Å². The Hall–Kier alpha value is -1.09. The van der Waals surface area contributed by atoms with E-state index in [2.05, 4.69) is 18.0 Å². The molecule has 0 unspecified atom stereocenters. The maximum atomic E-state index is 11.9. The highest BCUT2D eigenvalue weighted by molar-refractivity contribution is 7.14. The Morgan fingerprint density at radius 3 is 2.94 bits per heavy atom. The first kappa shape index (κ1) is 12.4. The molecule has 1 aromatic heterocycles. The SMILES string of the molecule is C=C(C)CNC(=O)c1cc2c(s1)CCCCC2. The number of carbonyl (C=O) groups excluding carboxylic acids is 1. The highest BCUT2D eigenvalue weighted by atomic mass is 32.1. The molecule has 0 radical (unpaired) electrons. The van der Waals surface area contributed by atoms with Gasteiger partial charge in [0.05, 0.1) is 4.88 Å². The molecule has 1 N–H and O–H groups in total. The Bertz CT molecular complexity index is 410. The van der Waals surface area contributed by atoms with E-state index < -0.39 is 0 Å². The van der Waals surface area contributed by atoms with Gasteiger partial charge in [-0.15, -0.1) is 11.3 Å². The van der Waals surface area contributed by atoms with Crippen molar-refractivity contribution < 1.29 is 4.79 Å². The fraction of sp³-hybridized carbons (Fsp3) is 0.500. The van der Waals surface area contributed by atoms with Gasteiger partial charge in [-0.2, -0.15) is 0 Å². The topological polar surface area (TPSA) is 29.1 Å². The van der Waals surface area contributed by atoms with Gasteiger partial charge >= 0.3 is 0 Å². The molecule has 0 aliphatic heterocycles. The van der Waals surface area contributed by atoms with Crippen LogP contribution in [0.1, 0.15) is 46.3 Å². The summed E-state index contributed by atoms with van der Waals surface area (Å²) in [5.74, 6) is 0.0473. The van der Waals surface area contributed by atoms with E-state index in [9.17, 15) is 4.79 Å². The van der Waals surface area contributed by atoms with E-state index in [0.29, 0.717) is 6.54 Å². The molecule has 17 heavy (non-hydrogen) atoms. The zero-order valence-corrected chi connectivity index (χ0v) is 11.2. The van der Waals surface area contributed by atoms with Crippen LogP contribution in [0, 0.1) is 0 Å². The third-order valence-electron chi connectivity index (χ3n) is 3.02. The summed E-state index contributed by atoms with van der Waals surface area (Å²) in [5, 5.41) is 2.90. The zero-order chi connectivity index (χ0) is 12.3. The number of carbonyl (C=O) groups is 1. The first-order valence-corrected chi connectivity index (χ1v) is 7.02. The molecule has 2 nitrogen and oxygen atoms in total. The van der Waals surface area contributed by atoms with Crippen LogP contribution in [0.25, 0.3) is 0 Å². The lowest BCUT2D eigenvalue weighted by Crippen LogP contribution is -2.23. The van der Waals surface area contributed by atoms with Gasteiger partial charge in [-0.05, 0) is 44.2 Å². The lowest BCUT2D eigenvalue weighted by molar-refractivity contribution is 0.0961. The number of hydrogen-bond acceptors (Lipinski definition) is 2. The average molecular weight is 249 g/mol. The van der Waals surface area contributed by atoms with Crippen molar-refractivity contribution in [1.82, 2.24) is 5.32 Å². The van der Waals surface area contributed by atoms with Crippen molar-refractivity contribution in [2.24, 2.45) is 0 Å². The molecule has 2 rings (SSSR count). The standard InChI is InChI=1S/C14H19NOS/c1-10(2)9-15-14(16)13-8-11-6-4-3-5-7-12(11)17-13/h8H,1,3-7,9H2,2H3,(H,15,16). The van der Waals surface area contributed by atoms with E-state index in [1.807, 2.05) is 6.92 Å². The molecule has 0 spiro atoms. The molecule has 0 aromatic carbocycles. The van der Waals surface area contributed by atoms with Crippen LogP contribution in [-0.2, 0) is 12.8 Å². The van der Waals surface area contributed by atoms with Crippen LogP contribution < -0.4 is 5.32 Å². The number of fused-ring (bicyclic) bond motifs is 1. The van der Waals surface area contributed by atoms with Crippen LogP contribution in [-0.4, -0.2) is 12.5 Å². The van der Waals surface area contributed by atoms with Crippen LogP contribution in [0.2, 0.25) is 0 Å². The minimum atomic E-state index is 0.0473. The fourth-order valence-electron chi connectivity index (χ4n) is 2.10. The molecule has 1 aliphatic carbocycles. The van der Waals surface area contributed by atoms with Crippen LogP contribution >= 0.6 is 11.3 Å². The van der Waals surface area contributed by atoms with Crippen molar-refractivity contribution in [2.75, 3.05) is 6.54 Å². The van der Waals surface area contributed by atoms with Crippen LogP contribution in [0.4, 0.5) is 0 Å². The number of amides is 1. The summed E-state index contributed by atoms with van der Waals surface area (Å²) in [6.07, 6.45) is 6.13. The summed E-state index contributed by atoms with van der Waals surface area (Å²) in [6.45, 7) is 6.28. The third-order valence-corrected chi connectivity index (χ3v) is 4.26. The maximum Gasteiger partial charge on any atom is 0.261 e. The van der Waals surface area contributed by atoms with Gasteiger partial charge in [0.25, 0.3) is 5.91 Å². The monoisotopic (exact) mass is 249 g/mol. The Balaban J connectivity index is 2.06. The summed E-state index contributed by atoms with van der Waals surface area (Å²) in [7, 11) is 0. The molecule has 0 saturated carbocycles. The summed E-state index contributed by atoms with van der Waals surface area (Å²) < 4.78 is 0. The van der Waals surface area contributed by atoms with E-state index in [0.717, 1.165) is 23.3 Å². The number of nitrogens with one attached hydrogen (secondary N) is 1. The first-order chi connectivity index (χ1) is 8.16. The second-order valence-corrected chi connectivity index (χ2v) is 5.90. The molecule has 3 heteroatoms. The van der Waals surface area contributed by atoms with Crippen molar-refractivity contribution in [3.05, 3.63) is 33.5 Å². The van der Waals surface area contributed by atoms with Gasteiger partial charge in [-0.25, -0.2) is 0 Å². The molecule has 1 heterocycles. The van der Waals surface area contributed by atoms with Crippen molar-refractivity contribution in [3.63, 3.8) is 0 Å². The van der Waals surface area contributed by atoms with E-state index in [1.54, 1.807) is 11.3 Å². The number of aryl methyl sites for hydroxylation is 2. The van der Waals surface area contributed by atoms with Gasteiger partial charge in [0.1, 0.15) is 0 Å². The van der Waals surface area contributed by atoms with Crippen molar-refractivity contribution in [2.45, 2.75) is 39.0 Å². The minimum absolute atomic E-state index is 0.0473. The van der Waals surface area contributed by atoms with E-state index in [1.165, 1.54) is 29.7 Å². The van der Waals surface area contributed by atoms with Crippen molar-refractivity contribution in [1.29, 1.82) is 0 Å². The molecular formula is C14H19NOS. The second kappa shape index (κ2) is 5.50. The molecule has 1 aromatic rings. The smallest absolute Gasteiger partial charge is 0.261 e. The van der Waals surface area contributed by atoms with Gasteiger partial charge in [0, 0.05) is 11.4 Å². The quantitative estimate of drug-likeness (QED) is 0.646. The Kier molecular flexibility index (Phi) is 4.00. The van der Waals surface area contributed by atoms with Crippen molar-refractivity contribution >= 4 is 17.2 Å². The van der Waals surface area contributed by atoms with Gasteiger partial charge in [-0.3, -0.25) is 4.79 Å². The zero-order valence-electron chi connectivity index (χ0n) is 10.3. The van der Waals surface area contributed by atoms with Gasteiger partial charge < -0.3 is 5.32 Å².